The van der Waals surface area contributed by atoms with Crippen LogP contribution in [0.1, 0.15) is 28.4 Å². The molecule has 0 fully saturated rings. The Hall–Kier alpha value is -1.76. The molecular weight excluding hydrogens is 303 g/mol. The van der Waals surface area contributed by atoms with E-state index >= 15 is 0 Å². The van der Waals surface area contributed by atoms with Crippen molar-refractivity contribution in [3.63, 3.8) is 0 Å². The van der Waals surface area contributed by atoms with Crippen molar-refractivity contribution in [2.24, 2.45) is 0 Å². The van der Waals surface area contributed by atoms with Gasteiger partial charge >= 0.3 is 12.1 Å². The summed E-state index contributed by atoms with van der Waals surface area (Å²) in [5.41, 5.74) is -0.160. The molecule has 0 aliphatic rings. The maximum absolute atomic E-state index is 12.7. The summed E-state index contributed by atoms with van der Waals surface area (Å²) >= 11 is 1.20. The van der Waals surface area contributed by atoms with Crippen LogP contribution < -0.4 is 0 Å². The molecule has 7 heteroatoms. The highest BCUT2D eigenvalue weighted by Crippen LogP contribution is 2.34. The lowest BCUT2D eigenvalue weighted by atomic mass is 10.0. The van der Waals surface area contributed by atoms with Crippen molar-refractivity contribution in [2.45, 2.75) is 25.0 Å². The Morgan fingerprint density at radius 1 is 1.38 bits per heavy atom. The molecule has 112 valence electrons. The molecule has 0 spiro atoms. The maximum Gasteiger partial charge on any atom is 0.416 e. The number of carboxylic acids is 1. The number of carbonyl (C=O) groups is 1. The van der Waals surface area contributed by atoms with Crippen molar-refractivity contribution >= 4 is 28.6 Å². The summed E-state index contributed by atoms with van der Waals surface area (Å²) in [5.74, 6) is -0.547. The van der Waals surface area contributed by atoms with Gasteiger partial charge in [-0.2, -0.15) is 13.2 Å². The van der Waals surface area contributed by atoms with E-state index in [0.717, 1.165) is 12.1 Å². The molecule has 0 aliphatic heterocycles. The molecule has 1 heterocycles. The van der Waals surface area contributed by atoms with Crippen molar-refractivity contribution in [2.75, 3.05) is 5.75 Å². The first kappa shape index (κ1) is 15.6. The molecule has 1 aromatic heterocycles. The molecule has 0 radical (unpaired) electrons. The van der Waals surface area contributed by atoms with Gasteiger partial charge in [0.2, 0.25) is 0 Å². The molecule has 3 nitrogen and oxygen atoms in total. The zero-order chi connectivity index (χ0) is 15.8. The number of fused-ring (bicyclic) bond motifs is 1. The molecule has 2 aromatic rings. The first-order valence-corrected chi connectivity index (χ1v) is 7.12. The van der Waals surface area contributed by atoms with Crippen LogP contribution in [0.4, 0.5) is 13.2 Å². The number of nitrogens with zero attached hydrogens (tertiary/aromatic N) is 1. The van der Waals surface area contributed by atoms with E-state index in [1.54, 1.807) is 6.92 Å². The SMILES string of the molecule is CCSc1nc2cc(C(F)(F)F)ccc2c(C)c1C(=O)O. The first-order chi connectivity index (χ1) is 9.75. The minimum atomic E-state index is -4.45. The molecule has 0 aliphatic carbocycles. The predicted molar refractivity (Wildman–Crippen MR) is 74.8 cm³/mol. The molecular formula is C14H12F3NO2S. The largest absolute Gasteiger partial charge is 0.478 e. The minimum Gasteiger partial charge on any atom is -0.478 e. The number of aryl methyl sites for hydroxylation is 1. The number of aromatic carboxylic acids is 1. The van der Waals surface area contributed by atoms with Crippen molar-refractivity contribution in [1.82, 2.24) is 4.98 Å². The van der Waals surface area contributed by atoms with E-state index in [9.17, 15) is 23.1 Å². The molecule has 0 bridgehead atoms. The van der Waals surface area contributed by atoms with Gasteiger partial charge in [-0.3, -0.25) is 0 Å². The molecule has 0 atom stereocenters. The van der Waals surface area contributed by atoms with Gasteiger partial charge in [0.05, 0.1) is 16.6 Å². The van der Waals surface area contributed by atoms with Gasteiger partial charge < -0.3 is 5.11 Å². The van der Waals surface area contributed by atoms with E-state index in [2.05, 4.69) is 4.98 Å². The number of alkyl halides is 3. The lowest BCUT2D eigenvalue weighted by Crippen LogP contribution is -2.08. The molecule has 1 N–H and O–H groups in total. The van der Waals surface area contributed by atoms with Crippen LogP contribution in [0.2, 0.25) is 0 Å². The molecule has 1 aromatic carbocycles. The molecule has 2 rings (SSSR count). The van der Waals surface area contributed by atoms with E-state index in [0.29, 0.717) is 16.7 Å². The quantitative estimate of drug-likeness (QED) is 0.854. The zero-order valence-corrected chi connectivity index (χ0v) is 12.1. The Morgan fingerprint density at radius 2 is 2.05 bits per heavy atom. The molecule has 0 saturated carbocycles. The Kier molecular flexibility index (Phi) is 4.13. The van der Waals surface area contributed by atoms with Gasteiger partial charge in [-0.15, -0.1) is 11.8 Å². The van der Waals surface area contributed by atoms with E-state index in [1.165, 1.54) is 17.8 Å². The van der Waals surface area contributed by atoms with Crippen LogP contribution in [0.15, 0.2) is 23.2 Å². The van der Waals surface area contributed by atoms with Gasteiger partial charge in [0.25, 0.3) is 0 Å². The van der Waals surface area contributed by atoms with Crippen molar-refractivity contribution < 1.29 is 23.1 Å². The Labute approximate surface area is 123 Å². The molecule has 0 saturated heterocycles. The Balaban J connectivity index is 2.76. The van der Waals surface area contributed by atoms with E-state index in [4.69, 9.17) is 0 Å². The van der Waals surface area contributed by atoms with Gasteiger partial charge in [0.1, 0.15) is 5.03 Å². The number of benzene rings is 1. The fourth-order valence-electron chi connectivity index (χ4n) is 2.07. The van der Waals surface area contributed by atoms with E-state index in [1.807, 2.05) is 6.92 Å². The van der Waals surface area contributed by atoms with E-state index in [-0.39, 0.29) is 16.1 Å². The summed E-state index contributed by atoms with van der Waals surface area (Å²) in [4.78, 5) is 15.5. The third-order valence-corrected chi connectivity index (χ3v) is 3.89. The van der Waals surface area contributed by atoms with E-state index < -0.39 is 17.7 Å². The lowest BCUT2D eigenvalue weighted by Gasteiger charge is -2.13. The fraction of sp³-hybridized carbons (Fsp3) is 0.286. The third kappa shape index (κ3) is 2.97. The van der Waals surface area contributed by atoms with Gasteiger partial charge in [-0.25, -0.2) is 9.78 Å². The van der Waals surface area contributed by atoms with Gasteiger partial charge in [-0.1, -0.05) is 13.0 Å². The lowest BCUT2D eigenvalue weighted by molar-refractivity contribution is -0.137. The summed E-state index contributed by atoms with van der Waals surface area (Å²) < 4.78 is 38.2. The fourth-order valence-corrected chi connectivity index (χ4v) is 2.89. The van der Waals surface area contributed by atoms with Crippen LogP contribution in [0, 0.1) is 6.92 Å². The smallest absolute Gasteiger partial charge is 0.416 e. The topological polar surface area (TPSA) is 50.2 Å². The minimum absolute atomic E-state index is 0.0501. The summed E-state index contributed by atoms with van der Waals surface area (Å²) in [6.07, 6.45) is -4.45. The highest BCUT2D eigenvalue weighted by atomic mass is 32.2. The summed E-state index contributed by atoms with van der Waals surface area (Å²) in [5, 5.41) is 9.95. The standard InChI is InChI=1S/C14H12F3NO2S/c1-3-21-12-11(13(19)20)7(2)9-5-4-8(14(15,16)17)6-10(9)18-12/h4-6H,3H2,1-2H3,(H,19,20). The number of hydrogen-bond donors (Lipinski definition) is 1. The average Bonchev–Trinajstić information content (AvgIpc) is 2.37. The number of thioether (sulfide) groups is 1. The van der Waals surface area contributed by atoms with Crippen LogP contribution in [-0.2, 0) is 6.18 Å². The second-order valence-corrected chi connectivity index (χ2v) is 5.64. The maximum atomic E-state index is 12.7. The van der Waals surface area contributed by atoms with Crippen molar-refractivity contribution in [1.29, 1.82) is 0 Å². The normalized spacial score (nSPS) is 11.9. The van der Waals surface area contributed by atoms with Crippen molar-refractivity contribution in [3.8, 4) is 0 Å². The van der Waals surface area contributed by atoms with Gasteiger partial charge in [0.15, 0.2) is 0 Å². The summed E-state index contributed by atoms with van der Waals surface area (Å²) in [6.45, 7) is 3.41. The summed E-state index contributed by atoms with van der Waals surface area (Å²) in [6, 6.07) is 3.16. The average molecular weight is 315 g/mol. The van der Waals surface area contributed by atoms with Crippen LogP contribution in [0.25, 0.3) is 10.9 Å². The third-order valence-electron chi connectivity index (χ3n) is 3.03. The highest BCUT2D eigenvalue weighted by molar-refractivity contribution is 7.99. The number of carboxylic acid groups (broad SMARTS) is 1. The van der Waals surface area contributed by atoms with Crippen LogP contribution >= 0.6 is 11.8 Å². The molecule has 0 amide bonds. The first-order valence-electron chi connectivity index (χ1n) is 6.13. The Morgan fingerprint density at radius 3 is 2.57 bits per heavy atom. The second-order valence-electron chi connectivity index (χ2n) is 4.38. The Bertz CT molecular complexity index is 713. The monoisotopic (exact) mass is 315 g/mol. The highest BCUT2D eigenvalue weighted by Gasteiger charge is 2.31. The predicted octanol–water partition coefficient (Wildman–Crippen LogP) is 4.37. The van der Waals surface area contributed by atoms with Gasteiger partial charge in [-0.05, 0) is 30.4 Å². The second kappa shape index (κ2) is 5.55. The summed E-state index contributed by atoms with van der Waals surface area (Å²) in [7, 11) is 0. The number of hydrogen-bond acceptors (Lipinski definition) is 3. The number of halogens is 3. The van der Waals surface area contributed by atoms with Gasteiger partial charge in [0, 0.05) is 5.39 Å². The van der Waals surface area contributed by atoms with Crippen LogP contribution in [-0.4, -0.2) is 21.8 Å². The van der Waals surface area contributed by atoms with Crippen LogP contribution in [0.3, 0.4) is 0 Å². The number of rotatable bonds is 3. The number of pyridine rings is 1. The molecule has 21 heavy (non-hydrogen) atoms. The van der Waals surface area contributed by atoms with Crippen molar-refractivity contribution in [3.05, 3.63) is 34.9 Å². The van der Waals surface area contributed by atoms with Crippen LogP contribution in [0.5, 0.6) is 0 Å². The zero-order valence-electron chi connectivity index (χ0n) is 11.3. The molecule has 0 unspecified atom stereocenters. The number of aromatic nitrogens is 1.